The van der Waals surface area contributed by atoms with Gasteiger partial charge in [-0.1, -0.05) is 6.07 Å². The minimum atomic E-state index is -3.84. The van der Waals surface area contributed by atoms with Crippen LogP contribution in [0, 0.1) is 0 Å². The first-order valence-electron chi connectivity index (χ1n) is 9.02. The summed E-state index contributed by atoms with van der Waals surface area (Å²) in [4.78, 5) is 13.3. The first kappa shape index (κ1) is 20.2. The molecule has 0 saturated heterocycles. The molecule has 156 valence electrons. The fourth-order valence-corrected chi connectivity index (χ4v) is 6.39. The van der Waals surface area contributed by atoms with Crippen LogP contribution in [0.15, 0.2) is 57.6 Å². The monoisotopic (exact) mass is 445 g/mol. The average Bonchev–Trinajstić information content (AvgIpc) is 3.17. The van der Waals surface area contributed by atoms with Gasteiger partial charge in [0.2, 0.25) is 15.7 Å². The van der Waals surface area contributed by atoms with Gasteiger partial charge >= 0.3 is 0 Å². The van der Waals surface area contributed by atoms with Crippen LogP contribution in [0.5, 0.6) is 17.2 Å². The van der Waals surface area contributed by atoms with Crippen molar-refractivity contribution in [1.82, 2.24) is 0 Å². The number of sulfone groups is 1. The summed E-state index contributed by atoms with van der Waals surface area (Å²) >= 11 is 1.27. The zero-order valence-electron chi connectivity index (χ0n) is 16.2. The molecule has 9 heteroatoms. The maximum absolute atomic E-state index is 13.2. The van der Waals surface area contributed by atoms with Crippen LogP contribution >= 0.6 is 11.3 Å². The summed E-state index contributed by atoms with van der Waals surface area (Å²) in [7, 11) is -0.879. The Morgan fingerprint density at radius 2 is 1.83 bits per heavy atom. The van der Waals surface area contributed by atoms with Crippen molar-refractivity contribution in [1.29, 1.82) is 0 Å². The highest BCUT2D eigenvalue weighted by molar-refractivity contribution is 7.91. The van der Waals surface area contributed by atoms with E-state index >= 15 is 0 Å². The molecular formula is C21H19NO6S2. The van der Waals surface area contributed by atoms with E-state index in [1.54, 1.807) is 35.7 Å². The average molecular weight is 446 g/mol. The number of nitrogens with one attached hydrogen (secondary N) is 1. The van der Waals surface area contributed by atoms with E-state index in [9.17, 15) is 18.3 Å². The van der Waals surface area contributed by atoms with Gasteiger partial charge < -0.3 is 19.9 Å². The van der Waals surface area contributed by atoms with Gasteiger partial charge in [0.1, 0.15) is 10.6 Å². The molecule has 1 aromatic heterocycles. The molecule has 3 aromatic rings. The summed E-state index contributed by atoms with van der Waals surface area (Å²) in [6.45, 7) is 0. The lowest BCUT2D eigenvalue weighted by Gasteiger charge is -2.24. The van der Waals surface area contributed by atoms with Crippen molar-refractivity contribution in [3.63, 3.8) is 0 Å². The molecule has 1 atom stereocenters. The highest BCUT2D eigenvalue weighted by Crippen LogP contribution is 2.46. The molecule has 0 bridgehead atoms. The molecule has 2 heterocycles. The lowest BCUT2D eigenvalue weighted by atomic mass is 9.90. The number of carbonyl (C=O) groups excluding carboxylic acids is 1. The number of benzene rings is 2. The van der Waals surface area contributed by atoms with Crippen LogP contribution in [0.4, 0.5) is 5.69 Å². The Balaban J connectivity index is 1.78. The number of ether oxygens (including phenoxy) is 2. The van der Waals surface area contributed by atoms with E-state index in [1.165, 1.54) is 37.7 Å². The van der Waals surface area contributed by atoms with Crippen LogP contribution in [0.25, 0.3) is 0 Å². The Bertz CT molecular complexity index is 1210. The van der Waals surface area contributed by atoms with Crippen molar-refractivity contribution in [2.75, 3.05) is 19.5 Å². The maximum atomic E-state index is 13.2. The second kappa shape index (κ2) is 7.66. The second-order valence-electron chi connectivity index (χ2n) is 6.75. The van der Waals surface area contributed by atoms with Gasteiger partial charge in [-0.15, -0.1) is 11.3 Å². The van der Waals surface area contributed by atoms with E-state index in [1.807, 2.05) is 0 Å². The number of fused-ring (bicyclic) bond motifs is 1. The molecule has 2 N–H and O–H groups in total. The van der Waals surface area contributed by atoms with Crippen LogP contribution in [0.3, 0.4) is 0 Å². The summed E-state index contributed by atoms with van der Waals surface area (Å²) in [5.74, 6) is 0.190. The van der Waals surface area contributed by atoms with E-state index in [4.69, 9.17) is 9.47 Å². The first-order chi connectivity index (χ1) is 14.3. The number of hydrogen-bond donors (Lipinski definition) is 2. The second-order valence-corrected chi connectivity index (χ2v) is 9.58. The Hall–Kier alpha value is -3.04. The zero-order valence-corrected chi connectivity index (χ0v) is 17.8. The van der Waals surface area contributed by atoms with Gasteiger partial charge in [-0.05, 0) is 42.0 Å². The lowest BCUT2D eigenvalue weighted by molar-refractivity contribution is -0.116. The molecule has 7 nitrogen and oxygen atoms in total. The van der Waals surface area contributed by atoms with Crippen molar-refractivity contribution in [2.24, 2.45) is 0 Å². The van der Waals surface area contributed by atoms with Crippen molar-refractivity contribution >= 4 is 32.8 Å². The third kappa shape index (κ3) is 3.40. The minimum Gasteiger partial charge on any atom is -0.504 e. The van der Waals surface area contributed by atoms with Crippen LogP contribution in [-0.2, 0) is 14.6 Å². The number of phenols is 1. The molecule has 1 aliphatic heterocycles. The van der Waals surface area contributed by atoms with Gasteiger partial charge in [0.25, 0.3) is 0 Å². The number of carbonyl (C=O) groups is 1. The zero-order chi connectivity index (χ0) is 21.5. The maximum Gasteiger partial charge on any atom is 0.225 e. The van der Waals surface area contributed by atoms with Gasteiger partial charge in [0.15, 0.2) is 11.5 Å². The van der Waals surface area contributed by atoms with Crippen LogP contribution in [0.2, 0.25) is 0 Å². The predicted molar refractivity (Wildman–Crippen MR) is 113 cm³/mol. The van der Waals surface area contributed by atoms with Gasteiger partial charge in [-0.25, -0.2) is 8.42 Å². The molecule has 2 aromatic carbocycles. The number of rotatable bonds is 5. The van der Waals surface area contributed by atoms with E-state index in [2.05, 4.69) is 5.32 Å². The normalized spacial score (nSPS) is 15.9. The number of hydrogen-bond acceptors (Lipinski definition) is 7. The molecule has 1 amide bonds. The Labute approximate surface area is 177 Å². The highest BCUT2D eigenvalue weighted by atomic mass is 32.2. The molecular weight excluding hydrogens is 426 g/mol. The number of amides is 1. The molecule has 0 fully saturated rings. The molecule has 4 rings (SSSR count). The standard InChI is InChI=1S/C21H19NO6S2/c1-27-13-4-6-14(7-5-13)30(25,26)18-11-29-21-15(10-19(24)22-20(18)21)12-3-8-17(28-2)16(23)9-12/h3-9,11,15,23H,10H2,1-2H3,(H,22,24)/t15-/m1/s1. The first-order valence-corrected chi connectivity index (χ1v) is 11.4. The summed E-state index contributed by atoms with van der Waals surface area (Å²) in [5, 5.41) is 14.4. The molecule has 1 aliphatic rings. The van der Waals surface area contributed by atoms with Crippen molar-refractivity contribution in [3.8, 4) is 17.2 Å². The SMILES string of the molecule is COc1ccc(S(=O)(=O)c2csc3c2NC(=O)C[C@@H]3c2ccc(OC)c(O)c2)cc1. The molecule has 30 heavy (non-hydrogen) atoms. The molecule has 0 saturated carbocycles. The minimum absolute atomic E-state index is 0.0369. The Morgan fingerprint density at radius 3 is 2.47 bits per heavy atom. The van der Waals surface area contributed by atoms with Gasteiger partial charge in [-0.3, -0.25) is 4.79 Å². The summed E-state index contributed by atoms with van der Waals surface area (Å²) in [6.07, 6.45) is 0.154. The molecule has 0 aliphatic carbocycles. The van der Waals surface area contributed by atoms with E-state index < -0.39 is 9.84 Å². The van der Waals surface area contributed by atoms with Gasteiger partial charge in [0.05, 0.1) is 24.8 Å². The van der Waals surface area contributed by atoms with Gasteiger partial charge in [-0.2, -0.15) is 0 Å². The summed E-state index contributed by atoms with van der Waals surface area (Å²) in [6, 6.07) is 11.0. The molecule has 0 unspecified atom stereocenters. The topological polar surface area (TPSA) is 102 Å². The number of phenolic OH excluding ortho intramolecular Hbond substituents is 1. The molecule has 0 radical (unpaired) electrons. The number of methoxy groups -OCH3 is 2. The van der Waals surface area contributed by atoms with Gasteiger partial charge in [0, 0.05) is 22.6 Å². The largest absolute Gasteiger partial charge is 0.504 e. The predicted octanol–water partition coefficient (Wildman–Crippen LogP) is 3.78. The molecule has 0 spiro atoms. The fraction of sp³-hybridized carbons (Fsp3) is 0.190. The Morgan fingerprint density at radius 1 is 1.10 bits per heavy atom. The van der Waals surface area contributed by atoms with Crippen LogP contribution in [-0.4, -0.2) is 33.7 Å². The summed E-state index contributed by atoms with van der Waals surface area (Å²) in [5.41, 5.74) is 1.01. The van der Waals surface area contributed by atoms with Crippen LogP contribution < -0.4 is 14.8 Å². The number of aromatic hydroxyl groups is 1. The quantitative estimate of drug-likeness (QED) is 0.620. The Kier molecular flexibility index (Phi) is 5.17. The van der Waals surface area contributed by atoms with E-state index in [-0.39, 0.29) is 33.8 Å². The third-order valence-corrected chi connectivity index (χ3v) is 8.06. The van der Waals surface area contributed by atoms with E-state index in [0.717, 1.165) is 4.88 Å². The van der Waals surface area contributed by atoms with Crippen molar-refractivity contribution in [3.05, 3.63) is 58.3 Å². The van der Waals surface area contributed by atoms with Crippen molar-refractivity contribution < 1.29 is 27.8 Å². The lowest BCUT2D eigenvalue weighted by Crippen LogP contribution is -2.23. The fourth-order valence-electron chi connectivity index (χ4n) is 3.48. The number of thiophene rings is 1. The smallest absolute Gasteiger partial charge is 0.225 e. The highest BCUT2D eigenvalue weighted by Gasteiger charge is 2.34. The van der Waals surface area contributed by atoms with Crippen LogP contribution in [0.1, 0.15) is 22.8 Å². The number of anilines is 1. The van der Waals surface area contributed by atoms with Crippen molar-refractivity contribution in [2.45, 2.75) is 22.1 Å². The summed E-state index contributed by atoms with van der Waals surface area (Å²) < 4.78 is 36.6. The third-order valence-electron chi connectivity index (χ3n) is 5.02. The van der Waals surface area contributed by atoms with E-state index in [0.29, 0.717) is 22.7 Å².